The van der Waals surface area contributed by atoms with Crippen molar-refractivity contribution in [3.63, 3.8) is 0 Å². The number of halogens is 1. The highest BCUT2D eigenvalue weighted by molar-refractivity contribution is 6.17. The molecule has 32 heavy (non-hydrogen) atoms. The second kappa shape index (κ2) is 32.9. The molecule has 0 bridgehead atoms. The van der Waals surface area contributed by atoms with Crippen molar-refractivity contribution in [3.8, 4) is 0 Å². The summed E-state index contributed by atoms with van der Waals surface area (Å²) in [5, 5.41) is 8.57. The Balaban J connectivity index is 0. The first-order chi connectivity index (χ1) is 15.7. The number of alkyl halides is 1. The van der Waals surface area contributed by atoms with Gasteiger partial charge in [-0.3, -0.25) is 4.79 Å². The van der Waals surface area contributed by atoms with Crippen molar-refractivity contribution in [2.75, 3.05) is 5.88 Å². The number of rotatable bonds is 25. The zero-order valence-corrected chi connectivity index (χ0v) is 22.9. The van der Waals surface area contributed by atoms with E-state index in [0.717, 1.165) is 18.7 Å². The van der Waals surface area contributed by atoms with Gasteiger partial charge in [-0.15, -0.1) is 11.6 Å². The number of unbranched alkanes of at least 4 members (excludes halogenated alkanes) is 22. The Hall–Kier alpha value is -0.240. The number of aliphatic carboxylic acids is 1. The van der Waals surface area contributed by atoms with Crippen LogP contribution < -0.4 is 0 Å². The van der Waals surface area contributed by atoms with Crippen molar-refractivity contribution in [3.05, 3.63) is 0 Å². The quantitative estimate of drug-likeness (QED) is 0.105. The molecule has 0 aromatic heterocycles. The smallest absolute Gasteiger partial charge is 0.303 e. The molecule has 0 aliphatic carbocycles. The van der Waals surface area contributed by atoms with Gasteiger partial charge in [-0.05, 0) is 12.8 Å². The lowest BCUT2D eigenvalue weighted by Gasteiger charge is -2.04. The fourth-order valence-corrected chi connectivity index (χ4v) is 4.24. The summed E-state index contributed by atoms with van der Waals surface area (Å²) >= 11 is 5.38. The van der Waals surface area contributed by atoms with Gasteiger partial charge in [0.2, 0.25) is 0 Å². The second-order valence-electron chi connectivity index (χ2n) is 9.61. The fourth-order valence-electron chi connectivity index (χ4n) is 4.05. The van der Waals surface area contributed by atoms with E-state index in [1.165, 1.54) is 141 Å². The van der Waals surface area contributed by atoms with E-state index < -0.39 is 5.97 Å². The van der Waals surface area contributed by atoms with Crippen LogP contribution in [0.25, 0.3) is 0 Å². The molecule has 0 spiro atoms. The molecule has 0 fully saturated rings. The van der Waals surface area contributed by atoms with Crippen LogP contribution in [-0.2, 0) is 4.79 Å². The molecule has 0 rings (SSSR count). The largest absolute Gasteiger partial charge is 0.481 e. The zero-order chi connectivity index (χ0) is 24.0. The van der Waals surface area contributed by atoms with E-state index in [1.807, 2.05) is 0 Å². The van der Waals surface area contributed by atoms with E-state index in [1.54, 1.807) is 0 Å². The Morgan fingerprint density at radius 2 is 0.719 bits per heavy atom. The van der Waals surface area contributed by atoms with Crippen LogP contribution >= 0.6 is 11.6 Å². The number of carbonyl (C=O) groups is 1. The normalized spacial score (nSPS) is 10.7. The summed E-state index contributed by atoms with van der Waals surface area (Å²) in [6, 6.07) is 0. The van der Waals surface area contributed by atoms with Crippen LogP contribution in [0.5, 0.6) is 0 Å². The van der Waals surface area contributed by atoms with Crippen LogP contribution in [0.1, 0.15) is 174 Å². The van der Waals surface area contributed by atoms with Crippen LogP contribution in [0.4, 0.5) is 0 Å². The molecule has 0 atom stereocenters. The minimum atomic E-state index is -0.650. The van der Waals surface area contributed by atoms with E-state index in [9.17, 15) is 4.79 Å². The highest BCUT2D eigenvalue weighted by atomic mass is 35.5. The van der Waals surface area contributed by atoms with Crippen LogP contribution in [0, 0.1) is 0 Å². The van der Waals surface area contributed by atoms with E-state index in [-0.39, 0.29) is 0 Å². The van der Waals surface area contributed by atoms with Crippen molar-refractivity contribution >= 4 is 17.6 Å². The van der Waals surface area contributed by atoms with E-state index in [2.05, 4.69) is 13.8 Å². The molecule has 0 amide bonds. The summed E-state index contributed by atoms with van der Waals surface area (Å²) in [7, 11) is 0. The molecular formula is C29H59ClO2. The molecule has 0 heterocycles. The highest BCUT2D eigenvalue weighted by Crippen LogP contribution is 2.15. The SMILES string of the molecule is CCCCCCCCCCCCCCCCCCCCCCCC(=O)O.CCCCCCl. The monoisotopic (exact) mass is 474 g/mol. The lowest BCUT2D eigenvalue weighted by Crippen LogP contribution is -1.93. The number of carboxylic acids is 1. The Bertz CT molecular complexity index is 329. The van der Waals surface area contributed by atoms with Crippen LogP contribution in [0.3, 0.4) is 0 Å². The van der Waals surface area contributed by atoms with Crippen LogP contribution in [0.2, 0.25) is 0 Å². The highest BCUT2D eigenvalue weighted by Gasteiger charge is 1.97. The third-order valence-corrected chi connectivity index (χ3v) is 6.50. The number of hydrogen-bond donors (Lipinski definition) is 1. The van der Waals surface area contributed by atoms with Gasteiger partial charge in [0.1, 0.15) is 0 Å². The molecule has 0 radical (unpaired) electrons. The first-order valence-corrected chi connectivity index (χ1v) is 15.0. The minimum Gasteiger partial charge on any atom is -0.481 e. The third-order valence-electron chi connectivity index (χ3n) is 6.23. The van der Waals surface area contributed by atoms with Gasteiger partial charge in [-0.1, -0.05) is 155 Å². The number of carboxylic acid groups (broad SMARTS) is 1. The molecule has 0 saturated heterocycles. The molecule has 0 aromatic rings. The molecule has 0 aromatic carbocycles. The summed E-state index contributed by atoms with van der Waals surface area (Å²) in [5.41, 5.74) is 0. The van der Waals surface area contributed by atoms with Crippen molar-refractivity contribution in [1.82, 2.24) is 0 Å². The van der Waals surface area contributed by atoms with Gasteiger partial charge >= 0.3 is 5.97 Å². The average Bonchev–Trinajstić information content (AvgIpc) is 2.79. The molecule has 0 saturated carbocycles. The summed E-state index contributed by atoms with van der Waals surface area (Å²) in [6.45, 7) is 4.46. The molecule has 0 unspecified atom stereocenters. The third kappa shape index (κ3) is 37.1. The van der Waals surface area contributed by atoms with Crippen molar-refractivity contribution in [1.29, 1.82) is 0 Å². The van der Waals surface area contributed by atoms with Crippen molar-refractivity contribution < 1.29 is 9.90 Å². The van der Waals surface area contributed by atoms with Gasteiger partial charge in [-0.2, -0.15) is 0 Å². The van der Waals surface area contributed by atoms with Gasteiger partial charge in [0.15, 0.2) is 0 Å². The van der Waals surface area contributed by atoms with Crippen molar-refractivity contribution in [2.45, 2.75) is 174 Å². The van der Waals surface area contributed by atoms with Gasteiger partial charge in [0.05, 0.1) is 0 Å². The van der Waals surface area contributed by atoms with Gasteiger partial charge < -0.3 is 5.11 Å². The first-order valence-electron chi connectivity index (χ1n) is 14.5. The molecule has 1 N–H and O–H groups in total. The topological polar surface area (TPSA) is 37.3 Å². The maximum atomic E-state index is 10.4. The molecule has 0 aliphatic heterocycles. The van der Waals surface area contributed by atoms with Crippen LogP contribution in [-0.4, -0.2) is 17.0 Å². The van der Waals surface area contributed by atoms with Crippen LogP contribution in [0.15, 0.2) is 0 Å². The lowest BCUT2D eigenvalue weighted by molar-refractivity contribution is -0.137. The number of hydrogen-bond acceptors (Lipinski definition) is 1. The average molecular weight is 475 g/mol. The van der Waals surface area contributed by atoms with E-state index in [4.69, 9.17) is 16.7 Å². The van der Waals surface area contributed by atoms with E-state index in [0.29, 0.717) is 6.42 Å². The minimum absolute atomic E-state index is 0.346. The van der Waals surface area contributed by atoms with Gasteiger partial charge in [0.25, 0.3) is 0 Å². The summed E-state index contributed by atoms with van der Waals surface area (Å²) in [5.74, 6) is 0.177. The predicted octanol–water partition coefficient (Wildman–Crippen LogP) is 11.1. The zero-order valence-electron chi connectivity index (χ0n) is 22.1. The Morgan fingerprint density at radius 3 is 0.938 bits per heavy atom. The molecular weight excluding hydrogens is 416 g/mol. The first kappa shape index (κ1) is 33.9. The Labute approximate surface area is 207 Å². The molecule has 194 valence electrons. The van der Waals surface area contributed by atoms with Gasteiger partial charge in [0, 0.05) is 12.3 Å². The maximum absolute atomic E-state index is 10.4. The molecule has 3 heteroatoms. The maximum Gasteiger partial charge on any atom is 0.303 e. The summed E-state index contributed by atoms with van der Waals surface area (Å²) < 4.78 is 0. The lowest BCUT2D eigenvalue weighted by atomic mass is 10.0. The fraction of sp³-hybridized carbons (Fsp3) is 0.966. The Morgan fingerprint density at radius 1 is 0.469 bits per heavy atom. The van der Waals surface area contributed by atoms with E-state index >= 15 is 0 Å². The predicted molar refractivity (Wildman–Crippen MR) is 145 cm³/mol. The van der Waals surface area contributed by atoms with Crippen molar-refractivity contribution in [2.24, 2.45) is 0 Å². The molecule has 0 aliphatic rings. The molecule has 2 nitrogen and oxygen atoms in total. The Kier molecular flexibility index (Phi) is 34.9. The van der Waals surface area contributed by atoms with Gasteiger partial charge in [-0.25, -0.2) is 0 Å². The summed E-state index contributed by atoms with van der Waals surface area (Å²) in [4.78, 5) is 10.4. The summed E-state index contributed by atoms with van der Waals surface area (Å²) in [6.07, 6.45) is 32.8. The second-order valence-corrected chi connectivity index (χ2v) is 9.99. The standard InChI is InChI=1S/C24H48O2.C5H11Cl/c1-2-3-4-5-6-7-8-9-10-11-12-13-14-15-16-17-18-19-20-21-22-23-24(25)26;1-2-3-4-5-6/h2-23H2,1H3,(H,25,26);2-5H2,1H3.